The molecule has 0 atom stereocenters. The summed E-state index contributed by atoms with van der Waals surface area (Å²) in [4.78, 5) is 15.0. The Balaban J connectivity index is 2.17. The molecule has 2 rings (SSSR count). The molecule has 0 fully saturated rings. The Morgan fingerprint density at radius 1 is 1.39 bits per heavy atom. The number of nitrogens with zero attached hydrogens (tertiary/aromatic N) is 4. The monoisotopic (exact) mass is 281 g/mol. The SMILES string of the molecule is CSc1nc(N)cc(N(C)Cc2nc(C)cs2)n1. The van der Waals surface area contributed by atoms with Crippen LogP contribution in [-0.4, -0.2) is 28.3 Å². The fourth-order valence-corrected chi connectivity index (χ4v) is 2.68. The van der Waals surface area contributed by atoms with E-state index in [1.54, 1.807) is 17.4 Å². The van der Waals surface area contributed by atoms with Crippen LogP contribution in [0.2, 0.25) is 0 Å². The zero-order valence-corrected chi connectivity index (χ0v) is 12.2. The fraction of sp³-hybridized carbons (Fsp3) is 0.364. The van der Waals surface area contributed by atoms with Crippen LogP contribution in [0.4, 0.5) is 11.6 Å². The molecule has 18 heavy (non-hydrogen) atoms. The van der Waals surface area contributed by atoms with Crippen molar-refractivity contribution in [3.8, 4) is 0 Å². The molecule has 2 heterocycles. The summed E-state index contributed by atoms with van der Waals surface area (Å²) in [7, 11) is 1.97. The number of rotatable bonds is 4. The maximum absolute atomic E-state index is 5.77. The molecule has 7 heteroatoms. The second kappa shape index (κ2) is 5.53. The van der Waals surface area contributed by atoms with E-state index in [2.05, 4.69) is 15.0 Å². The average molecular weight is 281 g/mol. The minimum absolute atomic E-state index is 0.492. The van der Waals surface area contributed by atoms with Crippen LogP contribution in [0.3, 0.4) is 0 Å². The van der Waals surface area contributed by atoms with E-state index in [-0.39, 0.29) is 0 Å². The van der Waals surface area contributed by atoms with E-state index >= 15 is 0 Å². The molecule has 5 nitrogen and oxygen atoms in total. The normalized spacial score (nSPS) is 10.6. The summed E-state index contributed by atoms with van der Waals surface area (Å²) in [5.41, 5.74) is 6.82. The lowest BCUT2D eigenvalue weighted by molar-refractivity contribution is 0.851. The van der Waals surface area contributed by atoms with Crippen LogP contribution in [0, 0.1) is 6.92 Å². The van der Waals surface area contributed by atoms with Gasteiger partial charge in [0.25, 0.3) is 0 Å². The first-order valence-electron chi connectivity index (χ1n) is 5.39. The Kier molecular flexibility index (Phi) is 4.03. The maximum Gasteiger partial charge on any atom is 0.191 e. The Hall–Kier alpha value is -1.34. The highest BCUT2D eigenvalue weighted by atomic mass is 32.2. The van der Waals surface area contributed by atoms with Gasteiger partial charge in [0.1, 0.15) is 16.6 Å². The molecule has 0 radical (unpaired) electrons. The van der Waals surface area contributed by atoms with E-state index in [4.69, 9.17) is 5.73 Å². The molecule has 0 spiro atoms. The molecule has 0 aliphatic carbocycles. The highest BCUT2D eigenvalue weighted by Gasteiger charge is 2.09. The zero-order valence-electron chi connectivity index (χ0n) is 10.5. The smallest absolute Gasteiger partial charge is 0.191 e. The molecule has 0 amide bonds. The number of aryl methyl sites for hydroxylation is 1. The van der Waals surface area contributed by atoms with Crippen molar-refractivity contribution in [2.24, 2.45) is 0 Å². The standard InChI is InChI=1S/C11H15N5S2/c1-7-6-18-10(13-7)5-16(2)9-4-8(12)14-11(15-9)17-3/h4,6H,5H2,1-3H3,(H2,12,14,15). The van der Waals surface area contributed by atoms with Crippen molar-refractivity contribution >= 4 is 34.7 Å². The number of hydrogen-bond donors (Lipinski definition) is 1. The highest BCUT2D eigenvalue weighted by molar-refractivity contribution is 7.98. The van der Waals surface area contributed by atoms with Gasteiger partial charge in [-0.05, 0) is 13.2 Å². The summed E-state index contributed by atoms with van der Waals surface area (Å²) in [5, 5.41) is 3.80. The average Bonchev–Trinajstić information content (AvgIpc) is 2.73. The third kappa shape index (κ3) is 3.11. The molecule has 0 bridgehead atoms. The predicted octanol–water partition coefficient (Wildman–Crippen LogP) is 2.18. The number of nitrogens with two attached hydrogens (primary N) is 1. The lowest BCUT2D eigenvalue weighted by Gasteiger charge is -2.17. The van der Waals surface area contributed by atoms with Crippen LogP contribution in [0.25, 0.3) is 0 Å². The molecule has 2 aromatic rings. The molecule has 2 N–H and O–H groups in total. The summed E-state index contributed by atoms with van der Waals surface area (Å²) in [6, 6.07) is 1.78. The second-order valence-corrected chi connectivity index (χ2v) is 5.59. The molecule has 2 aromatic heterocycles. The molecule has 0 saturated heterocycles. The minimum Gasteiger partial charge on any atom is -0.383 e. The molecule has 0 unspecified atom stereocenters. The van der Waals surface area contributed by atoms with Gasteiger partial charge in [-0.15, -0.1) is 11.3 Å². The van der Waals surface area contributed by atoms with Gasteiger partial charge in [-0.3, -0.25) is 0 Å². The molecule has 96 valence electrons. The maximum atomic E-state index is 5.77. The molecule has 0 aliphatic rings. The summed E-state index contributed by atoms with van der Waals surface area (Å²) in [6.45, 7) is 2.72. The first-order chi connectivity index (χ1) is 8.58. The third-order valence-electron chi connectivity index (χ3n) is 2.32. The predicted molar refractivity (Wildman–Crippen MR) is 77.2 cm³/mol. The van der Waals surface area contributed by atoms with Crippen molar-refractivity contribution < 1.29 is 0 Å². The van der Waals surface area contributed by atoms with E-state index in [1.165, 1.54) is 11.8 Å². The van der Waals surface area contributed by atoms with E-state index in [1.807, 2.05) is 30.5 Å². The highest BCUT2D eigenvalue weighted by Crippen LogP contribution is 2.20. The van der Waals surface area contributed by atoms with Crippen molar-refractivity contribution in [1.29, 1.82) is 0 Å². The van der Waals surface area contributed by atoms with Crippen LogP contribution < -0.4 is 10.6 Å². The molecular weight excluding hydrogens is 266 g/mol. The zero-order chi connectivity index (χ0) is 13.1. The number of thiazole rings is 1. The van der Waals surface area contributed by atoms with Gasteiger partial charge >= 0.3 is 0 Å². The van der Waals surface area contributed by atoms with Crippen LogP contribution in [0.1, 0.15) is 10.7 Å². The van der Waals surface area contributed by atoms with E-state index in [0.29, 0.717) is 11.0 Å². The number of hydrogen-bond acceptors (Lipinski definition) is 7. The van der Waals surface area contributed by atoms with E-state index < -0.39 is 0 Å². The fourth-order valence-electron chi connectivity index (χ4n) is 1.48. The van der Waals surface area contributed by atoms with Crippen LogP contribution in [0.15, 0.2) is 16.6 Å². The summed E-state index contributed by atoms with van der Waals surface area (Å²) >= 11 is 3.14. The van der Waals surface area contributed by atoms with Gasteiger partial charge in [-0.25, -0.2) is 15.0 Å². The molecular formula is C11H15N5S2. The molecule has 0 saturated carbocycles. The van der Waals surface area contributed by atoms with Gasteiger partial charge in [0.15, 0.2) is 5.16 Å². The van der Waals surface area contributed by atoms with Crippen molar-refractivity contribution in [2.45, 2.75) is 18.6 Å². The quantitative estimate of drug-likeness (QED) is 0.684. The first kappa shape index (κ1) is 13.1. The summed E-state index contributed by atoms with van der Waals surface area (Å²) in [6.07, 6.45) is 1.93. The van der Waals surface area contributed by atoms with Gasteiger partial charge in [-0.1, -0.05) is 11.8 Å². The van der Waals surface area contributed by atoms with Gasteiger partial charge in [0.2, 0.25) is 0 Å². The van der Waals surface area contributed by atoms with Gasteiger partial charge in [-0.2, -0.15) is 0 Å². The number of thioether (sulfide) groups is 1. The van der Waals surface area contributed by atoms with Crippen LogP contribution >= 0.6 is 23.1 Å². The number of nitrogen functional groups attached to an aromatic ring is 1. The summed E-state index contributed by atoms with van der Waals surface area (Å²) < 4.78 is 0. The lowest BCUT2D eigenvalue weighted by atomic mass is 10.4. The van der Waals surface area contributed by atoms with Gasteiger partial charge in [0.05, 0.1) is 6.54 Å². The Labute approximate surface area is 114 Å². The van der Waals surface area contributed by atoms with Crippen molar-refractivity contribution in [3.05, 3.63) is 22.1 Å². The van der Waals surface area contributed by atoms with Crippen LogP contribution in [-0.2, 0) is 6.54 Å². The Morgan fingerprint density at radius 3 is 2.78 bits per heavy atom. The van der Waals surface area contributed by atoms with E-state index in [9.17, 15) is 0 Å². The van der Waals surface area contributed by atoms with Crippen LogP contribution in [0.5, 0.6) is 0 Å². The van der Waals surface area contributed by atoms with Gasteiger partial charge in [0, 0.05) is 24.2 Å². The van der Waals surface area contributed by atoms with Crippen molar-refractivity contribution in [1.82, 2.24) is 15.0 Å². The number of anilines is 2. The van der Waals surface area contributed by atoms with Gasteiger partial charge < -0.3 is 10.6 Å². The molecule has 0 aliphatic heterocycles. The summed E-state index contributed by atoms with van der Waals surface area (Å²) in [5.74, 6) is 1.31. The lowest BCUT2D eigenvalue weighted by Crippen LogP contribution is -2.18. The first-order valence-corrected chi connectivity index (χ1v) is 7.49. The van der Waals surface area contributed by atoms with Crippen molar-refractivity contribution in [3.63, 3.8) is 0 Å². The largest absolute Gasteiger partial charge is 0.383 e. The van der Waals surface area contributed by atoms with E-state index in [0.717, 1.165) is 23.1 Å². The molecule has 0 aromatic carbocycles. The minimum atomic E-state index is 0.492. The topological polar surface area (TPSA) is 67.9 Å². The third-order valence-corrected chi connectivity index (χ3v) is 3.82. The Morgan fingerprint density at radius 2 is 2.17 bits per heavy atom. The number of aromatic nitrogens is 3. The second-order valence-electron chi connectivity index (χ2n) is 3.88. The Bertz CT molecular complexity index is 540. The van der Waals surface area contributed by atoms with Crippen molar-refractivity contribution in [2.75, 3.05) is 23.9 Å².